The van der Waals surface area contributed by atoms with E-state index in [0.29, 0.717) is 5.41 Å². The summed E-state index contributed by atoms with van der Waals surface area (Å²) in [6, 6.07) is 10.7. The van der Waals surface area contributed by atoms with Crippen molar-refractivity contribution in [3.8, 4) is 0 Å². The third kappa shape index (κ3) is 3.97. The van der Waals surface area contributed by atoms with Gasteiger partial charge in [0.15, 0.2) is 0 Å². The van der Waals surface area contributed by atoms with Gasteiger partial charge in [-0.15, -0.1) is 0 Å². The molecule has 0 heterocycles. The second-order valence-electron chi connectivity index (χ2n) is 8.31. The average molecular weight is 316 g/mol. The Balaban J connectivity index is 1.29. The van der Waals surface area contributed by atoms with Crippen LogP contribution in [0.4, 0.5) is 0 Å². The molecule has 2 nitrogen and oxygen atoms in total. The summed E-state index contributed by atoms with van der Waals surface area (Å²) >= 11 is 0. The maximum absolute atomic E-state index is 6.04. The van der Waals surface area contributed by atoms with Crippen LogP contribution in [0.5, 0.6) is 0 Å². The molecule has 128 valence electrons. The molecule has 0 spiro atoms. The van der Waals surface area contributed by atoms with Crippen molar-refractivity contribution in [2.75, 3.05) is 33.4 Å². The fourth-order valence-electron chi connectivity index (χ4n) is 4.69. The first kappa shape index (κ1) is 17.0. The molecule has 2 heteroatoms. The summed E-state index contributed by atoms with van der Waals surface area (Å²) in [5.74, 6) is 2.72. The van der Waals surface area contributed by atoms with Crippen molar-refractivity contribution in [1.29, 1.82) is 0 Å². The molecule has 0 amide bonds. The van der Waals surface area contributed by atoms with Crippen molar-refractivity contribution in [3.05, 3.63) is 35.9 Å². The lowest BCUT2D eigenvalue weighted by Gasteiger charge is -2.60. The molecule has 0 aromatic heterocycles. The fourth-order valence-corrected chi connectivity index (χ4v) is 4.69. The van der Waals surface area contributed by atoms with Gasteiger partial charge in [0.05, 0.1) is 6.61 Å². The quantitative estimate of drug-likeness (QED) is 0.665. The highest BCUT2D eigenvalue weighted by Gasteiger charge is 2.53. The summed E-state index contributed by atoms with van der Waals surface area (Å²) in [5, 5.41) is 0. The summed E-state index contributed by atoms with van der Waals surface area (Å²) < 4.78 is 6.04. The molecule has 0 saturated heterocycles. The first-order valence-corrected chi connectivity index (χ1v) is 9.37. The summed E-state index contributed by atoms with van der Waals surface area (Å²) in [5.41, 5.74) is 2.00. The van der Waals surface area contributed by atoms with E-state index in [1.807, 2.05) is 0 Å². The second kappa shape index (κ2) is 7.36. The molecule has 3 saturated carbocycles. The van der Waals surface area contributed by atoms with E-state index < -0.39 is 0 Å². The van der Waals surface area contributed by atoms with Crippen molar-refractivity contribution in [2.24, 2.45) is 23.2 Å². The van der Waals surface area contributed by atoms with Crippen LogP contribution in [0.1, 0.15) is 38.7 Å². The molecule has 1 aromatic carbocycles. The van der Waals surface area contributed by atoms with Crippen molar-refractivity contribution in [1.82, 2.24) is 4.90 Å². The van der Waals surface area contributed by atoms with Gasteiger partial charge in [-0.25, -0.2) is 0 Å². The first-order chi connectivity index (χ1) is 11.1. The summed E-state index contributed by atoms with van der Waals surface area (Å²) in [7, 11) is 2.20. The van der Waals surface area contributed by atoms with E-state index >= 15 is 0 Å². The van der Waals surface area contributed by atoms with Gasteiger partial charge in [-0.1, -0.05) is 44.2 Å². The van der Waals surface area contributed by atoms with Crippen molar-refractivity contribution in [3.63, 3.8) is 0 Å². The van der Waals surface area contributed by atoms with Gasteiger partial charge in [0, 0.05) is 19.7 Å². The van der Waals surface area contributed by atoms with Crippen LogP contribution in [0.15, 0.2) is 30.3 Å². The zero-order valence-electron chi connectivity index (χ0n) is 15.1. The Bertz CT molecular complexity index is 482. The number of hydrogen-bond donors (Lipinski definition) is 0. The zero-order chi connectivity index (χ0) is 16.3. The highest BCUT2D eigenvalue weighted by atomic mass is 16.5. The van der Waals surface area contributed by atoms with E-state index in [1.165, 1.54) is 24.8 Å². The monoisotopic (exact) mass is 315 g/mol. The van der Waals surface area contributed by atoms with Crippen molar-refractivity contribution >= 4 is 0 Å². The molecular formula is C21H33NO. The van der Waals surface area contributed by atoms with Crippen LogP contribution in [-0.2, 0) is 11.2 Å². The molecule has 0 aliphatic heterocycles. The van der Waals surface area contributed by atoms with Crippen LogP contribution in [0.3, 0.4) is 0 Å². The Morgan fingerprint density at radius 2 is 1.91 bits per heavy atom. The molecule has 1 aromatic rings. The molecule has 3 atom stereocenters. The van der Waals surface area contributed by atoms with Crippen LogP contribution in [0.2, 0.25) is 0 Å². The normalized spacial score (nSPS) is 28.6. The van der Waals surface area contributed by atoms with Crippen LogP contribution < -0.4 is 0 Å². The molecule has 0 radical (unpaired) electrons. The molecule has 3 aliphatic rings. The Hall–Kier alpha value is -0.860. The minimum Gasteiger partial charge on any atom is -0.380 e. The summed E-state index contributed by atoms with van der Waals surface area (Å²) in [6.07, 6.45) is 5.40. The maximum atomic E-state index is 6.04. The highest BCUT2D eigenvalue weighted by Crippen LogP contribution is 2.61. The summed E-state index contributed by atoms with van der Waals surface area (Å²) in [6.45, 7) is 8.93. The van der Waals surface area contributed by atoms with E-state index in [2.05, 4.69) is 56.1 Å². The SMILES string of the molecule is CN(CCOC[C@H]1CC[C@H]2C[C@@H]1C2(C)C)CCc1ccccc1. The Morgan fingerprint density at radius 1 is 1.13 bits per heavy atom. The molecule has 3 fully saturated rings. The minimum atomic E-state index is 0.582. The van der Waals surface area contributed by atoms with E-state index in [9.17, 15) is 0 Å². The van der Waals surface area contributed by atoms with Gasteiger partial charge in [0.2, 0.25) is 0 Å². The fraction of sp³-hybridized carbons (Fsp3) is 0.714. The number of nitrogens with zero attached hydrogens (tertiary/aromatic N) is 1. The molecule has 0 N–H and O–H groups in total. The highest BCUT2D eigenvalue weighted by molar-refractivity contribution is 5.14. The van der Waals surface area contributed by atoms with Crippen molar-refractivity contribution in [2.45, 2.75) is 39.5 Å². The lowest BCUT2D eigenvalue weighted by molar-refractivity contribution is -0.124. The van der Waals surface area contributed by atoms with E-state index in [4.69, 9.17) is 4.74 Å². The van der Waals surface area contributed by atoms with Crippen molar-refractivity contribution < 1.29 is 4.74 Å². The Labute approximate surface area is 142 Å². The van der Waals surface area contributed by atoms with E-state index in [1.54, 1.807) is 0 Å². The standard InChI is InChI=1S/C21H33NO/c1-21(2)19-10-9-18(20(21)15-19)16-23-14-13-22(3)12-11-17-7-5-4-6-8-17/h4-8,18-20H,9-16H2,1-3H3/t18-,19+,20+/m1/s1. The third-order valence-corrected chi connectivity index (χ3v) is 6.58. The number of rotatable bonds is 8. The topological polar surface area (TPSA) is 12.5 Å². The molecule has 4 rings (SSSR count). The molecule has 2 bridgehead atoms. The molecular weight excluding hydrogens is 282 g/mol. The van der Waals surface area contributed by atoms with E-state index in [-0.39, 0.29) is 0 Å². The molecule has 3 aliphatic carbocycles. The van der Waals surface area contributed by atoms with Crippen LogP contribution >= 0.6 is 0 Å². The predicted octanol–water partition coefficient (Wildman–Crippen LogP) is 4.25. The largest absolute Gasteiger partial charge is 0.380 e. The molecule has 0 unspecified atom stereocenters. The average Bonchev–Trinajstić information content (AvgIpc) is 2.58. The van der Waals surface area contributed by atoms with Gasteiger partial charge < -0.3 is 9.64 Å². The summed E-state index contributed by atoms with van der Waals surface area (Å²) in [4.78, 5) is 2.39. The van der Waals surface area contributed by atoms with Gasteiger partial charge in [0.1, 0.15) is 0 Å². The van der Waals surface area contributed by atoms with Crippen LogP contribution in [0, 0.1) is 23.2 Å². The molecule has 23 heavy (non-hydrogen) atoms. The van der Waals surface area contributed by atoms with Gasteiger partial charge in [0.25, 0.3) is 0 Å². The van der Waals surface area contributed by atoms with Gasteiger partial charge >= 0.3 is 0 Å². The van der Waals surface area contributed by atoms with E-state index in [0.717, 1.165) is 50.5 Å². The van der Waals surface area contributed by atoms with Gasteiger partial charge in [-0.3, -0.25) is 0 Å². The smallest absolute Gasteiger partial charge is 0.0593 e. The second-order valence-corrected chi connectivity index (χ2v) is 8.31. The number of likely N-dealkylation sites (N-methyl/N-ethyl adjacent to an activating group) is 1. The number of benzene rings is 1. The predicted molar refractivity (Wildman–Crippen MR) is 96.6 cm³/mol. The van der Waals surface area contributed by atoms with Gasteiger partial charge in [-0.2, -0.15) is 0 Å². The Morgan fingerprint density at radius 3 is 2.61 bits per heavy atom. The third-order valence-electron chi connectivity index (χ3n) is 6.58. The lowest BCUT2D eigenvalue weighted by atomic mass is 9.46. The zero-order valence-corrected chi connectivity index (χ0v) is 15.1. The number of fused-ring (bicyclic) bond motifs is 2. The number of ether oxygens (including phenoxy) is 1. The van der Waals surface area contributed by atoms with Crippen LogP contribution in [0.25, 0.3) is 0 Å². The van der Waals surface area contributed by atoms with Crippen LogP contribution in [-0.4, -0.2) is 38.3 Å². The number of hydrogen-bond acceptors (Lipinski definition) is 2. The first-order valence-electron chi connectivity index (χ1n) is 9.37. The Kier molecular flexibility index (Phi) is 5.43. The van der Waals surface area contributed by atoms with Gasteiger partial charge in [-0.05, 0) is 61.5 Å². The minimum absolute atomic E-state index is 0.582. The maximum Gasteiger partial charge on any atom is 0.0593 e. The lowest BCUT2D eigenvalue weighted by Crippen LogP contribution is -2.53.